The fraction of sp³-hybridized carbons (Fsp3) is 0.357. The van der Waals surface area contributed by atoms with E-state index in [4.69, 9.17) is 0 Å². The Hall–Kier alpha value is -1.82. The molecule has 0 saturated heterocycles. The van der Waals surface area contributed by atoms with Crippen LogP contribution in [0.4, 0.5) is 13.2 Å². The molecule has 108 valence electrons. The van der Waals surface area contributed by atoms with Crippen molar-refractivity contribution in [3.63, 3.8) is 0 Å². The largest absolute Gasteiger partial charge is 0.382 e. The second-order valence-electron chi connectivity index (χ2n) is 4.40. The van der Waals surface area contributed by atoms with Crippen molar-refractivity contribution in [3.05, 3.63) is 52.6 Å². The van der Waals surface area contributed by atoms with Gasteiger partial charge in [0.1, 0.15) is 6.10 Å². The van der Waals surface area contributed by atoms with Crippen LogP contribution in [-0.4, -0.2) is 14.9 Å². The highest BCUT2D eigenvalue weighted by atomic mass is 19.2. The molecule has 0 fully saturated rings. The van der Waals surface area contributed by atoms with Crippen molar-refractivity contribution in [2.45, 2.75) is 32.9 Å². The Labute approximate surface area is 114 Å². The number of aliphatic hydroxyl groups excluding tert-OH is 1. The molecular weight excluding hydrogens is 269 g/mol. The average molecular weight is 284 g/mol. The number of halogens is 3. The van der Waals surface area contributed by atoms with Crippen molar-refractivity contribution in [2.24, 2.45) is 0 Å². The maximum Gasteiger partial charge on any atom is 0.194 e. The summed E-state index contributed by atoms with van der Waals surface area (Å²) in [7, 11) is 0. The molecule has 2 rings (SSSR count). The molecule has 0 amide bonds. The van der Waals surface area contributed by atoms with Crippen molar-refractivity contribution < 1.29 is 18.3 Å². The Morgan fingerprint density at radius 2 is 1.90 bits per heavy atom. The molecule has 1 heterocycles. The van der Waals surface area contributed by atoms with Crippen molar-refractivity contribution in [3.8, 4) is 0 Å². The van der Waals surface area contributed by atoms with Gasteiger partial charge in [0, 0.05) is 12.1 Å². The highest BCUT2D eigenvalue weighted by molar-refractivity contribution is 5.29. The van der Waals surface area contributed by atoms with E-state index in [1.165, 1.54) is 4.68 Å². The van der Waals surface area contributed by atoms with E-state index < -0.39 is 23.6 Å². The lowest BCUT2D eigenvalue weighted by atomic mass is 10.0. The Morgan fingerprint density at radius 1 is 1.20 bits per heavy atom. The van der Waals surface area contributed by atoms with E-state index in [1.54, 1.807) is 6.07 Å². The van der Waals surface area contributed by atoms with Crippen LogP contribution in [0.25, 0.3) is 0 Å². The number of aromatic nitrogens is 2. The molecule has 0 radical (unpaired) electrons. The first kappa shape index (κ1) is 14.6. The van der Waals surface area contributed by atoms with E-state index in [-0.39, 0.29) is 5.56 Å². The molecular formula is C14H15F3N2O. The van der Waals surface area contributed by atoms with Gasteiger partial charge in [-0.25, -0.2) is 13.2 Å². The summed E-state index contributed by atoms with van der Waals surface area (Å²) in [5, 5.41) is 14.4. The van der Waals surface area contributed by atoms with Gasteiger partial charge in [0.05, 0.1) is 11.4 Å². The zero-order chi connectivity index (χ0) is 14.9. The van der Waals surface area contributed by atoms with Gasteiger partial charge in [-0.2, -0.15) is 5.10 Å². The molecule has 1 aromatic heterocycles. The minimum absolute atomic E-state index is 0.304. The smallest absolute Gasteiger partial charge is 0.194 e. The molecule has 1 N–H and O–H groups in total. The van der Waals surface area contributed by atoms with E-state index in [1.807, 2.05) is 13.8 Å². The van der Waals surface area contributed by atoms with Crippen LogP contribution in [0.15, 0.2) is 18.2 Å². The number of benzene rings is 1. The third-order valence-corrected chi connectivity index (χ3v) is 3.16. The molecule has 0 bridgehead atoms. The van der Waals surface area contributed by atoms with Crippen LogP contribution in [0.1, 0.15) is 36.9 Å². The summed E-state index contributed by atoms with van der Waals surface area (Å²) < 4.78 is 41.4. The fourth-order valence-corrected chi connectivity index (χ4v) is 2.04. The normalized spacial score (nSPS) is 12.7. The lowest BCUT2D eigenvalue weighted by Gasteiger charge is -2.14. The summed E-state index contributed by atoms with van der Waals surface area (Å²) in [6.07, 6.45) is -0.731. The standard InChI is InChI=1S/C14H15F3N2O/c1-3-8-7-11(19(4-2)18-8)14(20)9-5-6-10(15)13(17)12(9)16/h5-7,14,20H,3-4H2,1-2H3. The van der Waals surface area contributed by atoms with Gasteiger partial charge in [0.2, 0.25) is 0 Å². The predicted molar refractivity (Wildman–Crippen MR) is 67.7 cm³/mol. The molecule has 20 heavy (non-hydrogen) atoms. The summed E-state index contributed by atoms with van der Waals surface area (Å²) in [6.45, 7) is 4.21. The van der Waals surface area contributed by atoms with Gasteiger partial charge in [0.15, 0.2) is 17.5 Å². The van der Waals surface area contributed by atoms with Crippen LogP contribution in [-0.2, 0) is 13.0 Å². The molecule has 0 aliphatic heterocycles. The lowest BCUT2D eigenvalue weighted by molar-refractivity contribution is 0.201. The molecule has 6 heteroatoms. The van der Waals surface area contributed by atoms with E-state index in [9.17, 15) is 18.3 Å². The highest BCUT2D eigenvalue weighted by Crippen LogP contribution is 2.27. The summed E-state index contributed by atoms with van der Waals surface area (Å²) in [4.78, 5) is 0. The van der Waals surface area contributed by atoms with Gasteiger partial charge >= 0.3 is 0 Å². The lowest BCUT2D eigenvalue weighted by Crippen LogP contribution is -2.11. The van der Waals surface area contributed by atoms with Gasteiger partial charge in [-0.3, -0.25) is 4.68 Å². The van der Waals surface area contributed by atoms with Crippen LogP contribution >= 0.6 is 0 Å². The van der Waals surface area contributed by atoms with Crippen LogP contribution in [0.3, 0.4) is 0 Å². The maximum atomic E-state index is 13.7. The topological polar surface area (TPSA) is 38.0 Å². The molecule has 1 aromatic carbocycles. The van der Waals surface area contributed by atoms with Crippen LogP contribution < -0.4 is 0 Å². The average Bonchev–Trinajstić information content (AvgIpc) is 2.87. The van der Waals surface area contributed by atoms with E-state index in [0.717, 1.165) is 17.8 Å². The van der Waals surface area contributed by atoms with Crippen molar-refractivity contribution in [2.75, 3.05) is 0 Å². The maximum absolute atomic E-state index is 13.7. The summed E-state index contributed by atoms with van der Waals surface area (Å²) >= 11 is 0. The monoisotopic (exact) mass is 284 g/mol. The molecule has 3 nitrogen and oxygen atoms in total. The fourth-order valence-electron chi connectivity index (χ4n) is 2.04. The van der Waals surface area contributed by atoms with Crippen LogP contribution in [0.5, 0.6) is 0 Å². The molecule has 2 aromatic rings. The molecule has 0 saturated carbocycles. The number of hydrogen-bond acceptors (Lipinski definition) is 2. The van der Waals surface area contributed by atoms with Gasteiger partial charge < -0.3 is 5.11 Å². The van der Waals surface area contributed by atoms with Gasteiger partial charge in [-0.05, 0) is 31.5 Å². The summed E-state index contributed by atoms with van der Waals surface area (Å²) in [5.74, 6) is -4.24. The number of aryl methyl sites for hydroxylation is 2. The second kappa shape index (κ2) is 5.66. The minimum Gasteiger partial charge on any atom is -0.382 e. The third kappa shape index (κ3) is 2.43. The van der Waals surface area contributed by atoms with Gasteiger partial charge in [-0.1, -0.05) is 6.92 Å². The Bertz CT molecular complexity index is 625. The quantitative estimate of drug-likeness (QED) is 0.877. The molecule has 1 atom stereocenters. The third-order valence-electron chi connectivity index (χ3n) is 3.16. The summed E-state index contributed by atoms with van der Waals surface area (Å²) in [6, 6.07) is 3.47. The molecule has 0 spiro atoms. The van der Waals surface area contributed by atoms with Crippen LogP contribution in [0.2, 0.25) is 0 Å². The Balaban J connectivity index is 2.48. The number of aliphatic hydroxyl groups is 1. The molecule has 0 aliphatic carbocycles. The van der Waals surface area contributed by atoms with Gasteiger partial charge in [-0.15, -0.1) is 0 Å². The molecule has 1 unspecified atom stereocenters. The second-order valence-corrected chi connectivity index (χ2v) is 4.40. The number of hydrogen-bond donors (Lipinski definition) is 1. The Morgan fingerprint density at radius 3 is 2.50 bits per heavy atom. The first-order valence-electron chi connectivity index (χ1n) is 6.37. The van der Waals surface area contributed by atoms with E-state index in [0.29, 0.717) is 18.7 Å². The van der Waals surface area contributed by atoms with E-state index in [2.05, 4.69) is 5.10 Å². The minimum atomic E-state index is -1.58. The summed E-state index contributed by atoms with van der Waals surface area (Å²) in [5.41, 5.74) is 0.791. The Kier molecular flexibility index (Phi) is 4.13. The van der Waals surface area contributed by atoms with Crippen molar-refractivity contribution in [1.82, 2.24) is 9.78 Å². The first-order valence-corrected chi connectivity index (χ1v) is 6.37. The highest BCUT2D eigenvalue weighted by Gasteiger charge is 2.23. The SMILES string of the molecule is CCc1cc(C(O)c2ccc(F)c(F)c2F)n(CC)n1. The first-order chi connectivity index (χ1) is 9.49. The molecule has 0 aliphatic rings. The van der Waals surface area contributed by atoms with E-state index >= 15 is 0 Å². The van der Waals surface area contributed by atoms with Crippen LogP contribution in [0, 0.1) is 17.5 Å². The van der Waals surface area contributed by atoms with Crippen molar-refractivity contribution >= 4 is 0 Å². The van der Waals surface area contributed by atoms with Crippen molar-refractivity contribution in [1.29, 1.82) is 0 Å². The zero-order valence-corrected chi connectivity index (χ0v) is 11.2. The number of nitrogens with zero attached hydrogens (tertiary/aromatic N) is 2. The number of rotatable bonds is 4. The zero-order valence-electron chi connectivity index (χ0n) is 11.2. The predicted octanol–water partition coefficient (Wildman–Crippen LogP) is 2.96. The van der Waals surface area contributed by atoms with Gasteiger partial charge in [0.25, 0.3) is 0 Å².